The Balaban J connectivity index is 2.04. The Labute approximate surface area is 97.8 Å². The molecular weight excluding hydrogens is 262 g/mol. The molecule has 1 rings (SSSR count). The van der Waals surface area contributed by atoms with Gasteiger partial charge in [0.2, 0.25) is 0 Å². The summed E-state index contributed by atoms with van der Waals surface area (Å²) in [6, 6.07) is 2.63. The average molecular weight is 278 g/mol. The van der Waals surface area contributed by atoms with Crippen LogP contribution in [0, 0.1) is 0 Å². The summed E-state index contributed by atoms with van der Waals surface area (Å²) in [7, 11) is 0. The quantitative estimate of drug-likeness (QED) is 0.808. The fourth-order valence-electron chi connectivity index (χ4n) is 1.02. The molecule has 0 bridgehead atoms. The molecule has 0 fully saturated rings. The molecule has 0 saturated heterocycles. The third kappa shape index (κ3) is 5.10. The molecule has 0 aliphatic rings. The summed E-state index contributed by atoms with van der Waals surface area (Å²) < 4.78 is 6.65. The molecule has 0 aliphatic heterocycles. The molecule has 1 N–H and O–H groups in total. The van der Waals surface area contributed by atoms with Crippen LogP contribution in [0.2, 0.25) is 0 Å². The van der Waals surface area contributed by atoms with Gasteiger partial charge in [0.15, 0.2) is 0 Å². The van der Waals surface area contributed by atoms with Crippen LogP contribution < -0.4 is 5.32 Å². The van der Waals surface area contributed by atoms with E-state index in [0.29, 0.717) is 6.04 Å². The molecule has 0 amide bonds. The van der Waals surface area contributed by atoms with E-state index in [1.54, 1.807) is 11.3 Å². The first-order valence-electron chi connectivity index (χ1n) is 4.72. The van der Waals surface area contributed by atoms with Crippen LogP contribution in [-0.2, 0) is 11.3 Å². The lowest BCUT2D eigenvalue weighted by atomic mass is 10.4. The highest BCUT2D eigenvalue weighted by atomic mass is 79.9. The van der Waals surface area contributed by atoms with Gasteiger partial charge in [-0.1, -0.05) is 13.8 Å². The summed E-state index contributed by atoms with van der Waals surface area (Å²) in [5.41, 5.74) is 0. The largest absolute Gasteiger partial charge is 0.375 e. The highest BCUT2D eigenvalue weighted by Crippen LogP contribution is 2.20. The van der Waals surface area contributed by atoms with Crippen molar-refractivity contribution in [2.24, 2.45) is 0 Å². The lowest BCUT2D eigenvalue weighted by Gasteiger charge is -2.07. The number of thiophene rings is 1. The highest BCUT2D eigenvalue weighted by Gasteiger charge is 1.97. The first kappa shape index (κ1) is 12.2. The average Bonchev–Trinajstić information content (AvgIpc) is 2.50. The topological polar surface area (TPSA) is 21.3 Å². The van der Waals surface area contributed by atoms with Gasteiger partial charge in [-0.3, -0.25) is 0 Å². The Kier molecular flexibility index (Phi) is 5.70. The second-order valence-electron chi connectivity index (χ2n) is 3.39. The predicted molar refractivity (Wildman–Crippen MR) is 64.8 cm³/mol. The minimum absolute atomic E-state index is 0.537. The fraction of sp³-hybridized carbons (Fsp3) is 0.600. The summed E-state index contributed by atoms with van der Waals surface area (Å²) in [6.07, 6.45) is 0. The Morgan fingerprint density at radius 1 is 1.57 bits per heavy atom. The third-order valence-corrected chi connectivity index (χ3v) is 3.34. The van der Waals surface area contributed by atoms with Gasteiger partial charge in [0.1, 0.15) is 0 Å². The van der Waals surface area contributed by atoms with Gasteiger partial charge >= 0.3 is 0 Å². The van der Waals surface area contributed by atoms with E-state index in [1.807, 2.05) is 0 Å². The van der Waals surface area contributed by atoms with Crippen molar-refractivity contribution < 1.29 is 4.74 Å². The Morgan fingerprint density at radius 2 is 2.36 bits per heavy atom. The molecule has 14 heavy (non-hydrogen) atoms. The van der Waals surface area contributed by atoms with Gasteiger partial charge in [-0.15, -0.1) is 11.3 Å². The van der Waals surface area contributed by atoms with Crippen LogP contribution in [0.15, 0.2) is 15.9 Å². The molecule has 1 aromatic rings. The lowest BCUT2D eigenvalue weighted by Crippen LogP contribution is -2.26. The number of hydrogen-bond donors (Lipinski definition) is 1. The number of hydrogen-bond acceptors (Lipinski definition) is 3. The SMILES string of the molecule is CC(C)NCCOCc1cc(Br)cs1. The molecule has 0 spiro atoms. The maximum Gasteiger partial charge on any atom is 0.0810 e. The van der Waals surface area contributed by atoms with E-state index in [-0.39, 0.29) is 0 Å². The zero-order valence-corrected chi connectivity index (χ0v) is 11.0. The van der Waals surface area contributed by atoms with Crippen LogP contribution in [0.5, 0.6) is 0 Å². The van der Waals surface area contributed by atoms with Crippen LogP contribution in [0.1, 0.15) is 18.7 Å². The van der Waals surface area contributed by atoms with Crippen molar-refractivity contribution in [1.82, 2.24) is 5.32 Å². The van der Waals surface area contributed by atoms with Crippen LogP contribution in [0.4, 0.5) is 0 Å². The molecule has 0 radical (unpaired) electrons. The first-order chi connectivity index (χ1) is 6.68. The zero-order valence-electron chi connectivity index (χ0n) is 8.55. The maximum absolute atomic E-state index is 5.51. The van der Waals surface area contributed by atoms with Gasteiger partial charge in [-0.25, -0.2) is 0 Å². The molecule has 1 aromatic heterocycles. The highest BCUT2D eigenvalue weighted by molar-refractivity contribution is 9.10. The maximum atomic E-state index is 5.51. The van der Waals surface area contributed by atoms with Crippen molar-refractivity contribution in [3.63, 3.8) is 0 Å². The Morgan fingerprint density at radius 3 is 2.93 bits per heavy atom. The summed E-state index contributed by atoms with van der Waals surface area (Å²) in [5, 5.41) is 5.38. The van der Waals surface area contributed by atoms with E-state index >= 15 is 0 Å². The molecule has 0 unspecified atom stereocenters. The standard InChI is InChI=1S/C10H16BrNOS/c1-8(2)12-3-4-13-6-10-5-9(11)7-14-10/h5,7-8,12H,3-4,6H2,1-2H3. The molecule has 80 valence electrons. The van der Waals surface area contributed by atoms with E-state index in [4.69, 9.17) is 4.74 Å². The van der Waals surface area contributed by atoms with E-state index in [9.17, 15) is 0 Å². The van der Waals surface area contributed by atoms with Gasteiger partial charge < -0.3 is 10.1 Å². The number of rotatable bonds is 6. The van der Waals surface area contributed by atoms with Crippen LogP contribution in [0.25, 0.3) is 0 Å². The fourth-order valence-corrected chi connectivity index (χ4v) is 2.41. The van der Waals surface area contributed by atoms with Gasteiger partial charge in [-0.2, -0.15) is 0 Å². The third-order valence-electron chi connectivity index (χ3n) is 1.67. The van der Waals surface area contributed by atoms with Gasteiger partial charge in [0, 0.05) is 27.3 Å². The van der Waals surface area contributed by atoms with Crippen molar-refractivity contribution in [2.75, 3.05) is 13.2 Å². The Bertz CT molecular complexity index is 262. The van der Waals surface area contributed by atoms with Crippen molar-refractivity contribution >= 4 is 27.3 Å². The minimum atomic E-state index is 0.537. The second kappa shape index (κ2) is 6.56. The summed E-state index contributed by atoms with van der Waals surface area (Å²) >= 11 is 5.14. The van der Waals surface area contributed by atoms with Gasteiger partial charge in [0.05, 0.1) is 13.2 Å². The molecule has 4 heteroatoms. The van der Waals surface area contributed by atoms with Crippen LogP contribution in [-0.4, -0.2) is 19.2 Å². The number of halogens is 1. The lowest BCUT2D eigenvalue weighted by molar-refractivity contribution is 0.123. The van der Waals surface area contributed by atoms with E-state index in [0.717, 1.165) is 24.2 Å². The predicted octanol–water partition coefficient (Wildman–Crippen LogP) is 3.03. The molecule has 0 aliphatic carbocycles. The number of nitrogens with one attached hydrogen (secondary N) is 1. The summed E-state index contributed by atoms with van der Waals surface area (Å²) in [5.74, 6) is 0. The van der Waals surface area contributed by atoms with Crippen molar-refractivity contribution in [3.05, 3.63) is 20.8 Å². The molecular formula is C10H16BrNOS. The monoisotopic (exact) mass is 277 g/mol. The molecule has 2 nitrogen and oxygen atoms in total. The van der Waals surface area contributed by atoms with Crippen LogP contribution >= 0.6 is 27.3 Å². The van der Waals surface area contributed by atoms with Crippen molar-refractivity contribution in [3.8, 4) is 0 Å². The van der Waals surface area contributed by atoms with E-state index < -0.39 is 0 Å². The number of ether oxygens (including phenoxy) is 1. The minimum Gasteiger partial charge on any atom is -0.375 e. The molecule has 0 saturated carbocycles. The molecule has 1 heterocycles. The normalized spacial score (nSPS) is 11.1. The van der Waals surface area contributed by atoms with Crippen molar-refractivity contribution in [1.29, 1.82) is 0 Å². The van der Waals surface area contributed by atoms with E-state index in [2.05, 4.69) is 46.5 Å². The summed E-state index contributed by atoms with van der Waals surface area (Å²) in [4.78, 5) is 1.27. The molecule has 0 aromatic carbocycles. The molecule has 0 atom stereocenters. The van der Waals surface area contributed by atoms with Gasteiger partial charge in [-0.05, 0) is 22.0 Å². The van der Waals surface area contributed by atoms with Gasteiger partial charge in [0.25, 0.3) is 0 Å². The Hall–Kier alpha value is 0.1000. The zero-order chi connectivity index (χ0) is 10.4. The van der Waals surface area contributed by atoms with Crippen LogP contribution in [0.3, 0.4) is 0 Å². The summed E-state index contributed by atoms with van der Waals surface area (Å²) in [6.45, 7) is 6.68. The smallest absolute Gasteiger partial charge is 0.0810 e. The second-order valence-corrected chi connectivity index (χ2v) is 5.30. The first-order valence-corrected chi connectivity index (χ1v) is 6.40. The van der Waals surface area contributed by atoms with Crippen molar-refractivity contribution in [2.45, 2.75) is 26.5 Å². The van der Waals surface area contributed by atoms with E-state index in [1.165, 1.54) is 4.88 Å².